The molecule has 0 saturated carbocycles. The molecule has 0 aliphatic rings. The quantitative estimate of drug-likeness (QED) is 0.560. The van der Waals surface area contributed by atoms with Crippen molar-refractivity contribution in [2.75, 3.05) is 5.73 Å². The summed E-state index contributed by atoms with van der Waals surface area (Å²) in [7, 11) is 0. The van der Waals surface area contributed by atoms with Crippen LogP contribution in [0.15, 0.2) is 59.4 Å². The van der Waals surface area contributed by atoms with E-state index in [1.54, 1.807) is 10.7 Å². The van der Waals surface area contributed by atoms with E-state index in [1.165, 1.54) is 0 Å². The highest BCUT2D eigenvalue weighted by molar-refractivity contribution is 5.96. The van der Waals surface area contributed by atoms with Crippen LogP contribution in [0.3, 0.4) is 0 Å². The van der Waals surface area contributed by atoms with Gasteiger partial charge in [0.15, 0.2) is 5.82 Å². The lowest BCUT2D eigenvalue weighted by molar-refractivity contribution is 0.905. The van der Waals surface area contributed by atoms with Gasteiger partial charge in [0.05, 0.1) is 11.2 Å². The lowest BCUT2D eigenvalue weighted by atomic mass is 10.2. The van der Waals surface area contributed by atoms with Crippen LogP contribution in [0.4, 0.5) is 5.82 Å². The molecule has 0 saturated heterocycles. The topological polar surface area (TPSA) is 76.7 Å². The van der Waals surface area contributed by atoms with Crippen LogP contribution in [0, 0.1) is 0 Å². The largest absolute Gasteiger partial charge is 0.382 e. The molecule has 0 radical (unpaired) electrons. The van der Waals surface area contributed by atoms with Gasteiger partial charge in [-0.25, -0.2) is 4.68 Å². The number of nitrogens with two attached hydrogens (primary N) is 1. The third-order valence-electron chi connectivity index (χ3n) is 3.57. The number of pyridine rings is 1. The van der Waals surface area contributed by atoms with E-state index >= 15 is 0 Å². The van der Waals surface area contributed by atoms with Crippen LogP contribution in [0.25, 0.3) is 27.6 Å². The van der Waals surface area contributed by atoms with Crippen LogP contribution in [-0.4, -0.2) is 14.8 Å². The normalized spacial score (nSPS) is 11.2. The van der Waals surface area contributed by atoms with Gasteiger partial charge in [-0.1, -0.05) is 30.3 Å². The van der Waals surface area contributed by atoms with Gasteiger partial charge in [-0.3, -0.25) is 4.79 Å². The molecular formula is C16H12N4O. The summed E-state index contributed by atoms with van der Waals surface area (Å²) in [6.45, 7) is 0. The van der Waals surface area contributed by atoms with Gasteiger partial charge >= 0.3 is 0 Å². The molecule has 2 aromatic carbocycles. The third kappa shape index (κ3) is 1.64. The number of hydrogen-bond donors (Lipinski definition) is 2. The highest BCUT2D eigenvalue weighted by Crippen LogP contribution is 2.22. The molecule has 2 heterocycles. The second-order valence-corrected chi connectivity index (χ2v) is 4.86. The molecule has 4 aromatic rings. The van der Waals surface area contributed by atoms with Gasteiger partial charge in [0.25, 0.3) is 0 Å². The van der Waals surface area contributed by atoms with Crippen LogP contribution in [-0.2, 0) is 0 Å². The molecule has 3 N–H and O–H groups in total. The lowest BCUT2D eigenvalue weighted by Crippen LogP contribution is -2.05. The average molecular weight is 276 g/mol. The molecule has 0 unspecified atom stereocenters. The molecule has 0 aliphatic heterocycles. The summed E-state index contributed by atoms with van der Waals surface area (Å²) in [5.74, 6) is 0.237. The smallest absolute Gasteiger partial charge is 0.202 e. The minimum absolute atomic E-state index is 0.0981. The SMILES string of the molecule is Nc1nn(-c2ccccc2)c2[nH]c3ccccc3c(=O)c12. The fraction of sp³-hybridized carbons (Fsp3) is 0. The minimum atomic E-state index is -0.0981. The number of hydrogen-bond acceptors (Lipinski definition) is 3. The van der Waals surface area contributed by atoms with E-state index in [9.17, 15) is 4.79 Å². The second kappa shape index (κ2) is 4.21. The molecule has 5 nitrogen and oxygen atoms in total. The van der Waals surface area contributed by atoms with Gasteiger partial charge in [0, 0.05) is 5.39 Å². The second-order valence-electron chi connectivity index (χ2n) is 4.86. The van der Waals surface area contributed by atoms with Crippen molar-refractivity contribution in [1.29, 1.82) is 0 Å². The molecule has 5 heteroatoms. The first-order valence-corrected chi connectivity index (χ1v) is 6.60. The fourth-order valence-electron chi connectivity index (χ4n) is 2.58. The average Bonchev–Trinajstić information content (AvgIpc) is 2.86. The van der Waals surface area contributed by atoms with E-state index in [-0.39, 0.29) is 11.2 Å². The number of benzene rings is 2. The number of H-pyrrole nitrogens is 1. The van der Waals surface area contributed by atoms with Crippen molar-refractivity contribution in [2.45, 2.75) is 0 Å². The van der Waals surface area contributed by atoms with E-state index in [1.807, 2.05) is 48.5 Å². The van der Waals surface area contributed by atoms with Crippen molar-refractivity contribution >= 4 is 27.8 Å². The third-order valence-corrected chi connectivity index (χ3v) is 3.57. The van der Waals surface area contributed by atoms with Gasteiger partial charge in [0.2, 0.25) is 5.43 Å². The number of nitrogens with one attached hydrogen (secondary N) is 1. The Balaban J connectivity index is 2.19. The molecular weight excluding hydrogens is 264 g/mol. The zero-order chi connectivity index (χ0) is 14.4. The Labute approximate surface area is 119 Å². The molecule has 21 heavy (non-hydrogen) atoms. The predicted molar refractivity (Wildman–Crippen MR) is 83.6 cm³/mol. The van der Waals surface area contributed by atoms with E-state index in [4.69, 9.17) is 5.73 Å². The van der Waals surface area contributed by atoms with Gasteiger partial charge in [0.1, 0.15) is 11.0 Å². The number of rotatable bonds is 1. The first-order valence-electron chi connectivity index (χ1n) is 6.60. The van der Waals surface area contributed by atoms with Crippen molar-refractivity contribution in [3.05, 3.63) is 64.8 Å². The lowest BCUT2D eigenvalue weighted by Gasteiger charge is -2.04. The Morgan fingerprint density at radius 3 is 2.52 bits per heavy atom. The monoisotopic (exact) mass is 276 g/mol. The maximum absolute atomic E-state index is 12.6. The Morgan fingerprint density at radius 1 is 1.00 bits per heavy atom. The Bertz CT molecular complexity index is 1010. The summed E-state index contributed by atoms with van der Waals surface area (Å²) >= 11 is 0. The standard InChI is InChI=1S/C16H12N4O/c17-15-13-14(21)11-8-4-5-9-12(11)18-16(13)20(19-15)10-6-2-1-3-7-10/h1-9H,(H2,17,19)(H,18,21). The van der Waals surface area contributed by atoms with Crippen molar-refractivity contribution < 1.29 is 0 Å². The van der Waals surface area contributed by atoms with Crippen LogP contribution in [0.2, 0.25) is 0 Å². The number of nitrogens with zero attached hydrogens (tertiary/aromatic N) is 2. The highest BCUT2D eigenvalue weighted by Gasteiger charge is 2.15. The van der Waals surface area contributed by atoms with E-state index in [0.717, 1.165) is 11.2 Å². The Kier molecular flexibility index (Phi) is 2.35. The molecule has 0 fully saturated rings. The molecule has 0 bridgehead atoms. The first-order chi connectivity index (χ1) is 10.3. The summed E-state index contributed by atoms with van der Waals surface area (Å²) in [6, 6.07) is 17.0. The zero-order valence-corrected chi connectivity index (χ0v) is 11.1. The predicted octanol–water partition coefficient (Wildman–Crippen LogP) is 2.45. The molecule has 0 amide bonds. The summed E-state index contributed by atoms with van der Waals surface area (Å²) in [4.78, 5) is 15.9. The van der Waals surface area contributed by atoms with Crippen LogP contribution in [0.5, 0.6) is 0 Å². The van der Waals surface area contributed by atoms with Crippen LogP contribution < -0.4 is 11.2 Å². The molecule has 0 atom stereocenters. The number of para-hydroxylation sites is 2. The number of aromatic nitrogens is 3. The number of fused-ring (bicyclic) bond motifs is 2. The molecule has 4 rings (SSSR count). The van der Waals surface area contributed by atoms with Gasteiger partial charge in [-0.15, -0.1) is 5.10 Å². The number of nitrogen functional groups attached to an aromatic ring is 1. The molecule has 0 aliphatic carbocycles. The molecule has 2 aromatic heterocycles. The van der Waals surface area contributed by atoms with Crippen LogP contribution in [0.1, 0.15) is 0 Å². The van der Waals surface area contributed by atoms with Gasteiger partial charge < -0.3 is 10.7 Å². The number of anilines is 1. The minimum Gasteiger partial charge on any atom is -0.382 e. The molecule has 102 valence electrons. The van der Waals surface area contributed by atoms with E-state index in [2.05, 4.69) is 10.1 Å². The van der Waals surface area contributed by atoms with Gasteiger partial charge in [-0.05, 0) is 24.3 Å². The number of aromatic amines is 1. The fourth-order valence-corrected chi connectivity index (χ4v) is 2.58. The Morgan fingerprint density at radius 2 is 1.71 bits per heavy atom. The first kappa shape index (κ1) is 11.7. The maximum Gasteiger partial charge on any atom is 0.202 e. The summed E-state index contributed by atoms with van der Waals surface area (Å²) < 4.78 is 1.67. The summed E-state index contributed by atoms with van der Waals surface area (Å²) in [6.07, 6.45) is 0. The van der Waals surface area contributed by atoms with Crippen molar-refractivity contribution in [3.63, 3.8) is 0 Å². The van der Waals surface area contributed by atoms with E-state index < -0.39 is 0 Å². The highest BCUT2D eigenvalue weighted by atomic mass is 16.1. The van der Waals surface area contributed by atoms with E-state index in [0.29, 0.717) is 16.4 Å². The Hall–Kier alpha value is -3.08. The van der Waals surface area contributed by atoms with Crippen LogP contribution >= 0.6 is 0 Å². The van der Waals surface area contributed by atoms with Gasteiger partial charge in [-0.2, -0.15) is 0 Å². The zero-order valence-electron chi connectivity index (χ0n) is 11.1. The van der Waals surface area contributed by atoms with Crippen molar-refractivity contribution in [3.8, 4) is 5.69 Å². The van der Waals surface area contributed by atoms with Crippen molar-refractivity contribution in [2.24, 2.45) is 0 Å². The van der Waals surface area contributed by atoms with Crippen molar-refractivity contribution in [1.82, 2.24) is 14.8 Å². The summed E-state index contributed by atoms with van der Waals surface area (Å²) in [5.41, 5.74) is 8.09. The summed E-state index contributed by atoms with van der Waals surface area (Å²) in [5, 5.41) is 5.35. The maximum atomic E-state index is 12.6. The molecule has 0 spiro atoms.